The fourth-order valence-electron chi connectivity index (χ4n) is 3.78. The first-order valence-electron chi connectivity index (χ1n) is 10.3. The van der Waals surface area contributed by atoms with Crippen molar-refractivity contribution in [3.63, 3.8) is 0 Å². The summed E-state index contributed by atoms with van der Waals surface area (Å²) in [5.74, 6) is 0.345. The Hall–Kier alpha value is -2.38. The van der Waals surface area contributed by atoms with E-state index in [9.17, 15) is 9.18 Å². The summed E-state index contributed by atoms with van der Waals surface area (Å²) in [7, 11) is 0. The van der Waals surface area contributed by atoms with Crippen LogP contribution in [-0.2, 0) is 11.3 Å². The number of benzene rings is 2. The number of carbonyl (C=O) groups is 1. The fourth-order valence-corrected chi connectivity index (χ4v) is 4.56. The van der Waals surface area contributed by atoms with Crippen molar-refractivity contribution in [3.8, 4) is 11.5 Å². The van der Waals surface area contributed by atoms with Crippen LogP contribution in [0.4, 0.5) is 4.39 Å². The number of hydrogen-bond acceptors (Lipinski definition) is 5. The summed E-state index contributed by atoms with van der Waals surface area (Å²) >= 11 is 7.15. The summed E-state index contributed by atoms with van der Waals surface area (Å²) in [4.78, 5) is 15.1. The highest BCUT2D eigenvalue weighted by Crippen LogP contribution is 2.27. The summed E-state index contributed by atoms with van der Waals surface area (Å²) in [6.07, 6.45) is 5.45. The molecule has 3 aromatic rings. The molecule has 1 aliphatic carbocycles. The number of halogens is 2. The van der Waals surface area contributed by atoms with Crippen LogP contribution in [0, 0.1) is 5.82 Å². The van der Waals surface area contributed by atoms with Crippen molar-refractivity contribution in [2.24, 2.45) is 0 Å². The monoisotopic (exact) mass is 459 g/mol. The van der Waals surface area contributed by atoms with E-state index in [-0.39, 0.29) is 23.5 Å². The van der Waals surface area contributed by atoms with E-state index in [4.69, 9.17) is 16.0 Å². The van der Waals surface area contributed by atoms with Gasteiger partial charge in [-0.15, -0.1) is 10.2 Å². The van der Waals surface area contributed by atoms with Crippen LogP contribution >= 0.6 is 23.4 Å². The smallest absolute Gasteiger partial charge is 0.277 e. The van der Waals surface area contributed by atoms with E-state index in [2.05, 4.69) is 10.2 Å². The Morgan fingerprint density at radius 2 is 1.77 bits per heavy atom. The molecule has 0 radical (unpaired) electrons. The van der Waals surface area contributed by atoms with Gasteiger partial charge in [-0.3, -0.25) is 4.79 Å². The first kappa shape index (κ1) is 21.8. The molecule has 1 aliphatic rings. The lowest BCUT2D eigenvalue weighted by Gasteiger charge is -2.34. The molecule has 1 amide bonds. The molecule has 0 bridgehead atoms. The van der Waals surface area contributed by atoms with Gasteiger partial charge in [0.25, 0.3) is 5.22 Å². The van der Waals surface area contributed by atoms with E-state index >= 15 is 0 Å². The third kappa shape index (κ3) is 5.86. The average Bonchev–Trinajstić information content (AvgIpc) is 3.27. The molecule has 0 N–H and O–H groups in total. The zero-order chi connectivity index (χ0) is 21.6. The maximum Gasteiger partial charge on any atom is 0.277 e. The van der Waals surface area contributed by atoms with Crippen LogP contribution in [0.5, 0.6) is 0 Å². The van der Waals surface area contributed by atoms with Crippen molar-refractivity contribution < 1.29 is 13.6 Å². The Morgan fingerprint density at radius 3 is 2.48 bits per heavy atom. The van der Waals surface area contributed by atoms with Crippen molar-refractivity contribution in [2.45, 2.75) is 49.9 Å². The van der Waals surface area contributed by atoms with Gasteiger partial charge in [0.2, 0.25) is 11.8 Å². The predicted octanol–water partition coefficient (Wildman–Crippen LogP) is 5.98. The zero-order valence-electron chi connectivity index (χ0n) is 17.0. The largest absolute Gasteiger partial charge is 0.411 e. The van der Waals surface area contributed by atoms with Crippen LogP contribution in [0.2, 0.25) is 5.02 Å². The molecule has 1 heterocycles. The van der Waals surface area contributed by atoms with E-state index in [1.807, 2.05) is 17.0 Å². The molecule has 162 valence electrons. The van der Waals surface area contributed by atoms with Crippen LogP contribution in [0.15, 0.2) is 58.2 Å². The number of carbonyl (C=O) groups excluding carboxylic acids is 1. The average molecular weight is 460 g/mol. The number of hydrogen-bond donors (Lipinski definition) is 0. The molecule has 4 rings (SSSR count). The van der Waals surface area contributed by atoms with Gasteiger partial charge in [-0.25, -0.2) is 4.39 Å². The minimum Gasteiger partial charge on any atom is -0.411 e. The first-order chi connectivity index (χ1) is 15.1. The third-order valence-electron chi connectivity index (χ3n) is 5.42. The molecule has 0 aliphatic heterocycles. The number of nitrogens with zero attached hydrogens (tertiary/aromatic N) is 3. The summed E-state index contributed by atoms with van der Waals surface area (Å²) in [6, 6.07) is 13.7. The van der Waals surface area contributed by atoms with Crippen LogP contribution in [0.25, 0.3) is 11.5 Å². The van der Waals surface area contributed by atoms with Gasteiger partial charge in [-0.2, -0.15) is 0 Å². The Morgan fingerprint density at radius 1 is 1.06 bits per heavy atom. The second-order valence-electron chi connectivity index (χ2n) is 7.61. The van der Waals surface area contributed by atoms with Gasteiger partial charge in [-0.1, -0.05) is 54.8 Å². The third-order valence-corrected chi connectivity index (χ3v) is 6.47. The molecule has 5 nitrogen and oxygen atoms in total. The quantitative estimate of drug-likeness (QED) is 0.406. The van der Waals surface area contributed by atoms with E-state index in [1.165, 1.54) is 30.3 Å². The molecule has 0 atom stereocenters. The maximum atomic E-state index is 13.3. The van der Waals surface area contributed by atoms with Gasteiger partial charge < -0.3 is 9.32 Å². The van der Waals surface area contributed by atoms with Crippen molar-refractivity contribution >= 4 is 29.3 Å². The summed E-state index contributed by atoms with van der Waals surface area (Å²) < 4.78 is 19.0. The van der Waals surface area contributed by atoms with E-state index in [0.717, 1.165) is 36.8 Å². The molecule has 0 saturated heterocycles. The van der Waals surface area contributed by atoms with Crippen LogP contribution in [0.3, 0.4) is 0 Å². The lowest BCUT2D eigenvalue weighted by atomic mass is 9.94. The van der Waals surface area contributed by atoms with Gasteiger partial charge in [0, 0.05) is 23.2 Å². The number of amides is 1. The Bertz CT molecular complexity index is 1000. The highest BCUT2D eigenvalue weighted by Gasteiger charge is 2.26. The molecule has 0 unspecified atom stereocenters. The SMILES string of the molecule is O=C(CSc1nnc(-c2ccc(Cl)cc2)o1)N(Cc1ccc(F)cc1)C1CCCCC1. The molecule has 8 heteroatoms. The van der Waals surface area contributed by atoms with Gasteiger partial charge >= 0.3 is 0 Å². The van der Waals surface area contributed by atoms with Gasteiger partial charge in [0.05, 0.1) is 5.75 Å². The van der Waals surface area contributed by atoms with Gasteiger partial charge in [0.15, 0.2) is 0 Å². The molecular weight excluding hydrogens is 437 g/mol. The van der Waals surface area contributed by atoms with Gasteiger partial charge in [0.1, 0.15) is 5.82 Å². The minimum atomic E-state index is -0.275. The topological polar surface area (TPSA) is 59.2 Å². The van der Waals surface area contributed by atoms with Crippen LogP contribution in [0.1, 0.15) is 37.7 Å². The molecule has 2 aromatic carbocycles. The number of thioether (sulfide) groups is 1. The first-order valence-corrected chi connectivity index (χ1v) is 11.7. The Balaban J connectivity index is 1.42. The highest BCUT2D eigenvalue weighted by molar-refractivity contribution is 7.99. The van der Waals surface area contributed by atoms with Gasteiger partial charge in [-0.05, 0) is 54.8 Å². The second kappa shape index (κ2) is 10.3. The van der Waals surface area contributed by atoms with E-state index in [0.29, 0.717) is 22.7 Å². The lowest BCUT2D eigenvalue weighted by Crippen LogP contribution is -2.41. The standard InChI is InChI=1S/C23H23ClFN3O2S/c24-18-10-8-17(9-11-18)22-26-27-23(30-22)31-15-21(29)28(20-4-2-1-3-5-20)14-16-6-12-19(25)13-7-16/h6-13,20H,1-5,14-15H2. The maximum absolute atomic E-state index is 13.3. The predicted molar refractivity (Wildman–Crippen MR) is 119 cm³/mol. The summed E-state index contributed by atoms with van der Waals surface area (Å²) in [5, 5.41) is 9.10. The van der Waals surface area contributed by atoms with Crippen molar-refractivity contribution in [3.05, 3.63) is 64.9 Å². The van der Waals surface area contributed by atoms with E-state index < -0.39 is 0 Å². The second-order valence-corrected chi connectivity index (χ2v) is 8.97. The summed E-state index contributed by atoms with van der Waals surface area (Å²) in [5.41, 5.74) is 1.70. The van der Waals surface area contributed by atoms with Crippen molar-refractivity contribution in [2.75, 3.05) is 5.75 Å². The van der Waals surface area contributed by atoms with Crippen LogP contribution in [-0.4, -0.2) is 32.8 Å². The Labute approximate surface area is 190 Å². The minimum absolute atomic E-state index is 0.0208. The fraction of sp³-hybridized carbons (Fsp3) is 0.348. The highest BCUT2D eigenvalue weighted by atomic mass is 35.5. The zero-order valence-corrected chi connectivity index (χ0v) is 18.5. The summed E-state index contributed by atoms with van der Waals surface area (Å²) in [6.45, 7) is 0.476. The van der Waals surface area contributed by atoms with E-state index in [1.54, 1.807) is 24.3 Å². The normalized spacial score (nSPS) is 14.5. The van der Waals surface area contributed by atoms with Crippen molar-refractivity contribution in [1.82, 2.24) is 15.1 Å². The Kier molecular flexibility index (Phi) is 7.25. The molecule has 0 spiro atoms. The molecule has 1 saturated carbocycles. The molecule has 1 aromatic heterocycles. The van der Waals surface area contributed by atoms with Crippen LogP contribution < -0.4 is 0 Å². The van der Waals surface area contributed by atoms with Crippen molar-refractivity contribution in [1.29, 1.82) is 0 Å². The number of rotatable bonds is 7. The molecule has 1 fully saturated rings. The number of aromatic nitrogens is 2. The lowest BCUT2D eigenvalue weighted by molar-refractivity contribution is -0.132. The molecule has 31 heavy (non-hydrogen) atoms. The molecular formula is C23H23ClFN3O2S.